The lowest BCUT2D eigenvalue weighted by Gasteiger charge is -1.94. The second-order valence-corrected chi connectivity index (χ2v) is 2.19. The van der Waals surface area contributed by atoms with Gasteiger partial charge in [0, 0.05) is 18.2 Å². The van der Waals surface area contributed by atoms with E-state index in [4.69, 9.17) is 0 Å². The fourth-order valence-electron chi connectivity index (χ4n) is 0.809. The van der Waals surface area contributed by atoms with Crippen LogP contribution in [0.2, 0.25) is 0 Å². The number of nitrogens with one attached hydrogen (secondary N) is 1. The lowest BCUT2D eigenvalue weighted by atomic mass is 10.4. The number of hydrogen-bond donors (Lipinski definition) is 1. The van der Waals surface area contributed by atoms with Crippen molar-refractivity contribution in [1.29, 1.82) is 0 Å². The summed E-state index contributed by atoms with van der Waals surface area (Å²) in [5, 5.41) is 0. The second kappa shape index (κ2) is 2.64. The molecule has 0 radical (unpaired) electrons. The largest absolute Gasteiger partial charge is 0.311 e. The minimum atomic E-state index is -0.0654. The summed E-state index contributed by atoms with van der Waals surface area (Å²) in [6.45, 7) is 3.77. The van der Waals surface area contributed by atoms with Gasteiger partial charge in [-0.3, -0.25) is 4.79 Å². The average Bonchev–Trinajstić information content (AvgIpc) is 1.85. The van der Waals surface area contributed by atoms with E-state index in [1.165, 1.54) is 6.07 Å². The maximum Gasteiger partial charge on any atom is 0.251 e. The van der Waals surface area contributed by atoms with Crippen molar-refractivity contribution in [3.05, 3.63) is 27.9 Å². The monoisotopic (exact) mass is 138 g/mol. The van der Waals surface area contributed by atoms with Crippen molar-refractivity contribution in [1.82, 2.24) is 9.97 Å². The molecule has 0 saturated heterocycles. The van der Waals surface area contributed by atoms with Crippen molar-refractivity contribution in [3.63, 3.8) is 0 Å². The Bertz CT molecular complexity index is 277. The van der Waals surface area contributed by atoms with E-state index >= 15 is 0 Å². The zero-order valence-corrected chi connectivity index (χ0v) is 6.14. The number of nitrogens with zero attached hydrogens (tertiary/aromatic N) is 1. The van der Waals surface area contributed by atoms with Crippen LogP contribution in [0.1, 0.15) is 18.4 Å². The first-order valence-corrected chi connectivity index (χ1v) is 3.29. The van der Waals surface area contributed by atoms with Gasteiger partial charge in [-0.1, -0.05) is 6.92 Å². The van der Waals surface area contributed by atoms with Gasteiger partial charge in [-0.15, -0.1) is 0 Å². The molecule has 10 heavy (non-hydrogen) atoms. The molecule has 0 unspecified atom stereocenters. The molecule has 0 atom stereocenters. The fourth-order valence-corrected chi connectivity index (χ4v) is 0.809. The minimum absolute atomic E-state index is 0.0654. The van der Waals surface area contributed by atoms with Gasteiger partial charge in [-0.05, 0) is 6.92 Å². The predicted octanol–water partition coefficient (Wildman–Crippen LogP) is 0.641. The Morgan fingerprint density at radius 3 is 2.90 bits per heavy atom. The van der Waals surface area contributed by atoms with E-state index in [1.54, 1.807) is 0 Å². The number of aromatic nitrogens is 2. The zero-order chi connectivity index (χ0) is 7.56. The summed E-state index contributed by atoms with van der Waals surface area (Å²) in [7, 11) is 0. The summed E-state index contributed by atoms with van der Waals surface area (Å²) in [6.07, 6.45) is 0.775. The lowest BCUT2D eigenvalue weighted by molar-refractivity contribution is 0.899. The Balaban J connectivity index is 3.19. The molecule has 1 rings (SSSR count). The van der Waals surface area contributed by atoms with Crippen LogP contribution in [-0.4, -0.2) is 9.97 Å². The topological polar surface area (TPSA) is 45.8 Å². The first kappa shape index (κ1) is 6.99. The molecular weight excluding hydrogens is 128 g/mol. The third kappa shape index (κ3) is 1.43. The molecule has 0 aliphatic carbocycles. The zero-order valence-electron chi connectivity index (χ0n) is 6.14. The van der Waals surface area contributed by atoms with Gasteiger partial charge in [0.2, 0.25) is 0 Å². The van der Waals surface area contributed by atoms with E-state index in [0.717, 1.165) is 17.9 Å². The van der Waals surface area contributed by atoms with Crippen molar-refractivity contribution in [2.24, 2.45) is 0 Å². The van der Waals surface area contributed by atoms with Crippen LogP contribution in [-0.2, 0) is 6.42 Å². The molecule has 0 aromatic carbocycles. The summed E-state index contributed by atoms with van der Waals surface area (Å²) in [6, 6.07) is 1.49. The Hall–Kier alpha value is -1.12. The molecule has 0 spiro atoms. The predicted molar refractivity (Wildman–Crippen MR) is 39.0 cm³/mol. The Labute approximate surface area is 59.1 Å². The number of aryl methyl sites for hydroxylation is 2. The van der Waals surface area contributed by atoms with Gasteiger partial charge in [-0.2, -0.15) is 0 Å². The molecule has 1 heterocycles. The molecule has 0 bridgehead atoms. The maximum absolute atomic E-state index is 10.8. The summed E-state index contributed by atoms with van der Waals surface area (Å²) in [4.78, 5) is 17.5. The number of rotatable bonds is 1. The van der Waals surface area contributed by atoms with E-state index in [0.29, 0.717) is 0 Å². The first-order chi connectivity index (χ1) is 4.72. The number of hydrogen-bond acceptors (Lipinski definition) is 2. The standard InChI is InChI=1S/C7H10N2O/c1-3-6-8-5(2)4-7(10)9-6/h4H,3H2,1-2H3,(H,8,9,10). The fraction of sp³-hybridized carbons (Fsp3) is 0.429. The van der Waals surface area contributed by atoms with E-state index in [1.807, 2.05) is 13.8 Å². The van der Waals surface area contributed by atoms with Crippen molar-refractivity contribution in [3.8, 4) is 0 Å². The van der Waals surface area contributed by atoms with Crippen LogP contribution in [0.25, 0.3) is 0 Å². The summed E-state index contributed by atoms with van der Waals surface area (Å²) in [5.74, 6) is 0.755. The van der Waals surface area contributed by atoms with Gasteiger partial charge in [0.05, 0.1) is 0 Å². The van der Waals surface area contributed by atoms with E-state index in [9.17, 15) is 4.79 Å². The first-order valence-electron chi connectivity index (χ1n) is 3.29. The van der Waals surface area contributed by atoms with E-state index in [-0.39, 0.29) is 5.56 Å². The SMILES string of the molecule is CCc1nc(C)cc(=O)[nH]1. The van der Waals surface area contributed by atoms with Crippen LogP contribution in [0.4, 0.5) is 0 Å². The number of H-pyrrole nitrogens is 1. The van der Waals surface area contributed by atoms with Crippen molar-refractivity contribution in [2.75, 3.05) is 0 Å². The molecule has 54 valence electrons. The van der Waals surface area contributed by atoms with Crippen LogP contribution in [0.15, 0.2) is 10.9 Å². The lowest BCUT2D eigenvalue weighted by Crippen LogP contribution is -2.10. The molecular formula is C7H10N2O. The maximum atomic E-state index is 10.8. The van der Waals surface area contributed by atoms with Crippen molar-refractivity contribution in [2.45, 2.75) is 20.3 Å². The van der Waals surface area contributed by atoms with Crippen LogP contribution in [0.3, 0.4) is 0 Å². The summed E-state index contributed by atoms with van der Waals surface area (Å²) >= 11 is 0. The highest BCUT2D eigenvalue weighted by Gasteiger charge is 1.92. The molecule has 1 aromatic heterocycles. The van der Waals surface area contributed by atoms with Gasteiger partial charge < -0.3 is 4.98 Å². The third-order valence-corrected chi connectivity index (χ3v) is 1.25. The van der Waals surface area contributed by atoms with Crippen LogP contribution < -0.4 is 5.56 Å². The molecule has 1 aromatic rings. The molecule has 0 aliphatic heterocycles. The van der Waals surface area contributed by atoms with Crippen LogP contribution >= 0.6 is 0 Å². The quantitative estimate of drug-likeness (QED) is 0.619. The van der Waals surface area contributed by atoms with Gasteiger partial charge in [-0.25, -0.2) is 4.98 Å². The van der Waals surface area contributed by atoms with Gasteiger partial charge in [0.1, 0.15) is 5.82 Å². The number of aromatic amines is 1. The van der Waals surface area contributed by atoms with E-state index < -0.39 is 0 Å². The Morgan fingerprint density at radius 2 is 2.40 bits per heavy atom. The molecule has 3 nitrogen and oxygen atoms in total. The molecule has 0 fully saturated rings. The highest BCUT2D eigenvalue weighted by molar-refractivity contribution is 4.99. The summed E-state index contributed by atoms with van der Waals surface area (Å²) < 4.78 is 0. The minimum Gasteiger partial charge on any atom is -0.311 e. The average molecular weight is 138 g/mol. The highest BCUT2D eigenvalue weighted by Crippen LogP contribution is 1.88. The molecule has 0 saturated carbocycles. The highest BCUT2D eigenvalue weighted by atomic mass is 16.1. The summed E-state index contributed by atoms with van der Waals surface area (Å²) in [5.41, 5.74) is 0.713. The van der Waals surface area contributed by atoms with Crippen LogP contribution in [0.5, 0.6) is 0 Å². The van der Waals surface area contributed by atoms with E-state index in [2.05, 4.69) is 9.97 Å². The van der Waals surface area contributed by atoms with Gasteiger partial charge in [0.15, 0.2) is 0 Å². The normalized spacial score (nSPS) is 9.80. The molecule has 0 aliphatic rings. The third-order valence-electron chi connectivity index (χ3n) is 1.25. The van der Waals surface area contributed by atoms with Crippen molar-refractivity contribution < 1.29 is 0 Å². The molecule has 1 N–H and O–H groups in total. The Morgan fingerprint density at radius 1 is 1.70 bits per heavy atom. The van der Waals surface area contributed by atoms with Crippen molar-refractivity contribution >= 4 is 0 Å². The molecule has 3 heteroatoms. The Kier molecular flexibility index (Phi) is 1.85. The van der Waals surface area contributed by atoms with Gasteiger partial charge >= 0.3 is 0 Å². The smallest absolute Gasteiger partial charge is 0.251 e. The van der Waals surface area contributed by atoms with Crippen LogP contribution in [0, 0.1) is 6.92 Å². The molecule has 0 amide bonds. The second-order valence-electron chi connectivity index (χ2n) is 2.19. The van der Waals surface area contributed by atoms with Gasteiger partial charge in [0.25, 0.3) is 5.56 Å².